The number of benzene rings is 2. The molecule has 1 saturated carbocycles. The van der Waals surface area contributed by atoms with Crippen LogP contribution < -0.4 is 5.32 Å². The van der Waals surface area contributed by atoms with Gasteiger partial charge in [-0.3, -0.25) is 4.79 Å². The van der Waals surface area contributed by atoms with Crippen LogP contribution >= 0.6 is 0 Å². The fourth-order valence-electron chi connectivity index (χ4n) is 3.52. The molecule has 2 N–H and O–H groups in total. The molecule has 0 aliphatic heterocycles. The van der Waals surface area contributed by atoms with E-state index in [-0.39, 0.29) is 11.9 Å². The van der Waals surface area contributed by atoms with Gasteiger partial charge >= 0.3 is 5.97 Å². The van der Waals surface area contributed by atoms with Crippen LogP contribution in [0.15, 0.2) is 54.6 Å². The lowest BCUT2D eigenvalue weighted by atomic mass is 9.97. The van der Waals surface area contributed by atoms with E-state index in [1.54, 1.807) is 0 Å². The van der Waals surface area contributed by atoms with Crippen molar-refractivity contribution >= 4 is 5.97 Å². The van der Waals surface area contributed by atoms with E-state index in [0.717, 1.165) is 30.4 Å². The normalized spacial score (nSPS) is 21.5. The van der Waals surface area contributed by atoms with Gasteiger partial charge in [-0.15, -0.1) is 0 Å². The summed E-state index contributed by atoms with van der Waals surface area (Å²) in [7, 11) is 0. The minimum atomic E-state index is -0.816. The number of carboxylic acid groups (broad SMARTS) is 1. The average molecular weight is 327 g/mol. The third-order valence-electron chi connectivity index (χ3n) is 4.79. The maximum Gasteiger partial charge on any atom is 0.321 e. The first-order valence-electron chi connectivity index (χ1n) is 8.40. The Kier molecular flexibility index (Phi) is 5.26. The monoisotopic (exact) mass is 327 g/mol. The zero-order valence-corrected chi connectivity index (χ0v) is 13.5. The molecule has 0 radical (unpaired) electrons. The van der Waals surface area contributed by atoms with Crippen molar-refractivity contribution < 1.29 is 14.3 Å². The quantitative estimate of drug-likeness (QED) is 0.849. The Hall–Kier alpha value is -2.20. The minimum absolute atomic E-state index is 0.185. The zero-order chi connectivity index (χ0) is 16.9. The second kappa shape index (κ2) is 7.58. The number of hydrogen-bond acceptors (Lipinski definition) is 2. The largest absolute Gasteiger partial charge is 0.480 e. The van der Waals surface area contributed by atoms with Crippen LogP contribution in [0, 0.1) is 5.82 Å². The molecular formula is C20H22FNO2. The number of hydrogen-bond donors (Lipinski definition) is 2. The summed E-state index contributed by atoms with van der Waals surface area (Å²) in [6.07, 6.45) is 3.32. The predicted octanol–water partition coefficient (Wildman–Crippen LogP) is 3.75. The number of rotatable bonds is 6. The maximum atomic E-state index is 13.0. The molecule has 1 fully saturated rings. The van der Waals surface area contributed by atoms with E-state index in [4.69, 9.17) is 0 Å². The van der Waals surface area contributed by atoms with Crippen molar-refractivity contribution in [3.8, 4) is 0 Å². The van der Waals surface area contributed by atoms with Gasteiger partial charge in [0.25, 0.3) is 0 Å². The summed E-state index contributed by atoms with van der Waals surface area (Å²) in [5.41, 5.74) is 2.15. The molecular weight excluding hydrogens is 305 g/mol. The number of nitrogens with one attached hydrogen (secondary N) is 1. The second-order valence-electron chi connectivity index (χ2n) is 6.51. The fraction of sp³-hybridized carbons (Fsp3) is 0.350. The number of aliphatic carboxylic acids is 1. The first-order valence-corrected chi connectivity index (χ1v) is 8.40. The lowest BCUT2D eigenvalue weighted by Gasteiger charge is -2.20. The molecule has 3 atom stereocenters. The van der Waals surface area contributed by atoms with Crippen molar-refractivity contribution in [2.45, 2.75) is 43.7 Å². The predicted molar refractivity (Wildman–Crippen MR) is 91.5 cm³/mol. The van der Waals surface area contributed by atoms with Crippen LogP contribution in [-0.4, -0.2) is 23.2 Å². The molecule has 3 nitrogen and oxygen atoms in total. The molecule has 0 saturated heterocycles. The fourth-order valence-corrected chi connectivity index (χ4v) is 3.52. The van der Waals surface area contributed by atoms with Gasteiger partial charge in [0.1, 0.15) is 11.9 Å². The van der Waals surface area contributed by atoms with Crippen molar-refractivity contribution in [3.63, 3.8) is 0 Å². The van der Waals surface area contributed by atoms with Crippen LogP contribution in [0.2, 0.25) is 0 Å². The van der Waals surface area contributed by atoms with E-state index < -0.39 is 12.0 Å². The molecule has 126 valence electrons. The highest BCUT2D eigenvalue weighted by atomic mass is 19.1. The van der Waals surface area contributed by atoms with Gasteiger partial charge < -0.3 is 10.4 Å². The summed E-state index contributed by atoms with van der Waals surface area (Å²) >= 11 is 0. The minimum Gasteiger partial charge on any atom is -0.480 e. The second-order valence-corrected chi connectivity index (χ2v) is 6.51. The van der Waals surface area contributed by atoms with Gasteiger partial charge in [0, 0.05) is 6.04 Å². The highest BCUT2D eigenvalue weighted by Crippen LogP contribution is 2.34. The number of carbonyl (C=O) groups is 1. The molecule has 24 heavy (non-hydrogen) atoms. The molecule has 2 aromatic carbocycles. The van der Waals surface area contributed by atoms with Crippen LogP contribution in [0.4, 0.5) is 4.39 Å². The Balaban J connectivity index is 1.60. The average Bonchev–Trinajstić information content (AvgIpc) is 3.04. The highest BCUT2D eigenvalue weighted by molar-refractivity contribution is 5.74. The molecule has 2 unspecified atom stereocenters. The van der Waals surface area contributed by atoms with Gasteiger partial charge in [-0.25, -0.2) is 4.39 Å². The van der Waals surface area contributed by atoms with Crippen LogP contribution in [0.25, 0.3) is 0 Å². The first kappa shape index (κ1) is 16.7. The molecule has 0 bridgehead atoms. The van der Waals surface area contributed by atoms with Crippen molar-refractivity contribution in [1.82, 2.24) is 5.32 Å². The van der Waals surface area contributed by atoms with Gasteiger partial charge in [0.15, 0.2) is 0 Å². The Morgan fingerprint density at radius 2 is 1.83 bits per heavy atom. The Bertz CT molecular complexity index is 672. The molecule has 2 aromatic rings. The van der Waals surface area contributed by atoms with Crippen LogP contribution in [-0.2, 0) is 11.2 Å². The van der Waals surface area contributed by atoms with E-state index >= 15 is 0 Å². The van der Waals surface area contributed by atoms with Crippen LogP contribution in [0.5, 0.6) is 0 Å². The maximum absolute atomic E-state index is 13.0. The van der Waals surface area contributed by atoms with Crippen LogP contribution in [0.1, 0.15) is 36.3 Å². The van der Waals surface area contributed by atoms with Gasteiger partial charge in [0.05, 0.1) is 0 Å². The zero-order valence-electron chi connectivity index (χ0n) is 13.5. The summed E-state index contributed by atoms with van der Waals surface area (Å²) in [5.74, 6) is -0.668. The topological polar surface area (TPSA) is 49.3 Å². The third-order valence-corrected chi connectivity index (χ3v) is 4.79. The number of halogens is 1. The van der Waals surface area contributed by atoms with Gasteiger partial charge in [-0.05, 0) is 54.9 Å². The summed E-state index contributed by atoms with van der Waals surface area (Å²) in [4.78, 5) is 11.6. The third kappa shape index (κ3) is 4.20. The molecule has 0 amide bonds. The van der Waals surface area contributed by atoms with E-state index in [1.807, 2.05) is 42.5 Å². The summed E-state index contributed by atoms with van der Waals surface area (Å²) < 4.78 is 13.0. The summed E-state index contributed by atoms with van der Waals surface area (Å²) in [5, 5.41) is 12.8. The van der Waals surface area contributed by atoms with Crippen molar-refractivity contribution in [1.29, 1.82) is 0 Å². The molecule has 0 heterocycles. The molecule has 0 spiro atoms. The SMILES string of the molecule is O=C(O)[C@H](Cc1ccccc1)NC1CCC(c2ccc(F)cc2)C1. The van der Waals surface area contributed by atoms with Gasteiger partial charge in [-0.2, -0.15) is 0 Å². The van der Waals surface area contributed by atoms with Crippen molar-refractivity contribution in [2.75, 3.05) is 0 Å². The smallest absolute Gasteiger partial charge is 0.321 e. The molecule has 0 aromatic heterocycles. The highest BCUT2D eigenvalue weighted by Gasteiger charge is 2.29. The Morgan fingerprint density at radius 1 is 1.12 bits per heavy atom. The van der Waals surface area contributed by atoms with E-state index in [1.165, 1.54) is 12.1 Å². The number of carboxylic acids is 1. The summed E-state index contributed by atoms with van der Waals surface area (Å²) in [6.45, 7) is 0. The molecule has 1 aliphatic carbocycles. The van der Waals surface area contributed by atoms with Gasteiger partial charge in [-0.1, -0.05) is 42.5 Å². The van der Waals surface area contributed by atoms with Crippen molar-refractivity contribution in [2.24, 2.45) is 0 Å². The summed E-state index contributed by atoms with van der Waals surface area (Å²) in [6, 6.07) is 15.9. The van der Waals surface area contributed by atoms with Gasteiger partial charge in [0.2, 0.25) is 0 Å². The molecule has 3 rings (SSSR count). The first-order chi connectivity index (χ1) is 11.6. The van der Waals surface area contributed by atoms with Crippen LogP contribution in [0.3, 0.4) is 0 Å². The lowest BCUT2D eigenvalue weighted by molar-refractivity contribution is -0.139. The standard InChI is InChI=1S/C20H22FNO2/c21-17-9-6-15(7-10-17)16-8-11-18(13-16)22-19(20(23)24)12-14-4-2-1-3-5-14/h1-7,9-10,16,18-19,22H,8,11-13H2,(H,23,24)/t16?,18?,19-/m0/s1. The van der Waals surface area contributed by atoms with E-state index in [9.17, 15) is 14.3 Å². The lowest BCUT2D eigenvalue weighted by Crippen LogP contribution is -2.43. The van der Waals surface area contributed by atoms with Crippen molar-refractivity contribution in [3.05, 3.63) is 71.5 Å². The molecule has 4 heteroatoms. The van der Waals surface area contributed by atoms with E-state index in [0.29, 0.717) is 12.3 Å². The Labute approximate surface area is 141 Å². The van der Waals surface area contributed by atoms with E-state index in [2.05, 4.69) is 5.32 Å². The Morgan fingerprint density at radius 3 is 2.50 bits per heavy atom. The molecule has 1 aliphatic rings.